The Morgan fingerprint density at radius 1 is 1.29 bits per heavy atom. The van der Waals surface area contributed by atoms with Gasteiger partial charge in [-0.3, -0.25) is 4.68 Å². The first-order valence-electron chi connectivity index (χ1n) is 6.83. The molecule has 0 saturated heterocycles. The highest BCUT2D eigenvalue weighted by atomic mass is 15.3. The van der Waals surface area contributed by atoms with Gasteiger partial charge in [-0.25, -0.2) is 0 Å². The van der Waals surface area contributed by atoms with Gasteiger partial charge in [-0.1, -0.05) is 13.8 Å². The first kappa shape index (κ1) is 14.2. The van der Waals surface area contributed by atoms with Crippen molar-refractivity contribution in [3.63, 3.8) is 0 Å². The molecule has 1 rings (SSSR count). The monoisotopic (exact) mass is 237 g/mol. The topological polar surface area (TPSA) is 29.9 Å². The van der Waals surface area contributed by atoms with Gasteiger partial charge in [-0.2, -0.15) is 5.10 Å². The van der Waals surface area contributed by atoms with Gasteiger partial charge in [0.05, 0.1) is 5.69 Å². The average Bonchev–Trinajstić information content (AvgIpc) is 2.57. The summed E-state index contributed by atoms with van der Waals surface area (Å²) >= 11 is 0. The van der Waals surface area contributed by atoms with Crippen LogP contribution in [0.25, 0.3) is 0 Å². The van der Waals surface area contributed by atoms with E-state index in [4.69, 9.17) is 0 Å². The van der Waals surface area contributed by atoms with Crippen molar-refractivity contribution in [2.75, 3.05) is 13.1 Å². The number of nitrogens with zero attached hydrogens (tertiary/aromatic N) is 2. The third kappa shape index (κ3) is 3.84. The van der Waals surface area contributed by atoms with Gasteiger partial charge in [-0.15, -0.1) is 0 Å². The summed E-state index contributed by atoms with van der Waals surface area (Å²) in [6.07, 6.45) is 2.34. The molecule has 0 fully saturated rings. The SMILES string of the molecule is CCCNCC(C)Cc1c(C)nn(CC)c1C. The van der Waals surface area contributed by atoms with E-state index in [0.29, 0.717) is 5.92 Å². The van der Waals surface area contributed by atoms with Gasteiger partial charge in [0.2, 0.25) is 0 Å². The van der Waals surface area contributed by atoms with Crippen LogP contribution in [0.3, 0.4) is 0 Å². The van der Waals surface area contributed by atoms with Crippen LogP contribution in [-0.4, -0.2) is 22.9 Å². The number of nitrogens with one attached hydrogen (secondary N) is 1. The Labute approximate surface area is 106 Å². The lowest BCUT2D eigenvalue weighted by atomic mass is 9.99. The maximum Gasteiger partial charge on any atom is 0.0628 e. The predicted molar refractivity (Wildman–Crippen MR) is 73.4 cm³/mol. The molecular weight excluding hydrogens is 210 g/mol. The molecule has 0 saturated carbocycles. The van der Waals surface area contributed by atoms with E-state index in [1.165, 1.54) is 23.4 Å². The summed E-state index contributed by atoms with van der Waals surface area (Å²) in [6.45, 7) is 14.2. The van der Waals surface area contributed by atoms with E-state index in [-0.39, 0.29) is 0 Å². The molecule has 0 amide bonds. The highest BCUT2D eigenvalue weighted by Gasteiger charge is 2.13. The van der Waals surface area contributed by atoms with Crippen molar-refractivity contribution in [1.29, 1.82) is 0 Å². The Morgan fingerprint density at radius 2 is 2.00 bits per heavy atom. The van der Waals surface area contributed by atoms with E-state index in [1.54, 1.807) is 0 Å². The molecule has 1 aromatic heterocycles. The quantitative estimate of drug-likeness (QED) is 0.739. The minimum atomic E-state index is 0.674. The second-order valence-corrected chi connectivity index (χ2v) is 4.98. The van der Waals surface area contributed by atoms with Gasteiger partial charge in [-0.05, 0) is 58.2 Å². The minimum absolute atomic E-state index is 0.674. The predicted octanol–water partition coefficient (Wildman–Crippen LogP) is 2.70. The van der Waals surface area contributed by atoms with Gasteiger partial charge in [0.15, 0.2) is 0 Å². The molecule has 1 aromatic rings. The molecule has 0 aliphatic heterocycles. The summed E-state index contributed by atoms with van der Waals surface area (Å²) < 4.78 is 2.11. The lowest BCUT2D eigenvalue weighted by molar-refractivity contribution is 0.508. The summed E-state index contributed by atoms with van der Waals surface area (Å²) in [7, 11) is 0. The van der Waals surface area contributed by atoms with E-state index in [1.807, 2.05) is 0 Å². The molecular formula is C14H27N3. The molecule has 3 heteroatoms. The third-order valence-corrected chi connectivity index (χ3v) is 3.30. The molecule has 0 spiro atoms. The van der Waals surface area contributed by atoms with Crippen LogP contribution in [0.2, 0.25) is 0 Å². The van der Waals surface area contributed by atoms with E-state index < -0.39 is 0 Å². The standard InChI is InChI=1S/C14H27N3/c1-6-8-15-10-11(3)9-14-12(4)16-17(7-2)13(14)5/h11,15H,6-10H2,1-5H3. The molecule has 17 heavy (non-hydrogen) atoms. The molecule has 0 bridgehead atoms. The smallest absolute Gasteiger partial charge is 0.0628 e. The third-order valence-electron chi connectivity index (χ3n) is 3.30. The molecule has 1 unspecified atom stereocenters. The number of aryl methyl sites for hydroxylation is 2. The van der Waals surface area contributed by atoms with Crippen molar-refractivity contribution in [3.8, 4) is 0 Å². The van der Waals surface area contributed by atoms with Gasteiger partial charge in [0.25, 0.3) is 0 Å². The van der Waals surface area contributed by atoms with Crippen molar-refractivity contribution in [2.45, 2.75) is 54.0 Å². The number of aromatic nitrogens is 2. The fourth-order valence-corrected chi connectivity index (χ4v) is 2.28. The molecule has 1 atom stereocenters. The van der Waals surface area contributed by atoms with Gasteiger partial charge in [0.1, 0.15) is 0 Å². The highest BCUT2D eigenvalue weighted by Crippen LogP contribution is 2.17. The van der Waals surface area contributed by atoms with Crippen molar-refractivity contribution < 1.29 is 0 Å². The van der Waals surface area contributed by atoms with Crippen LogP contribution in [0.5, 0.6) is 0 Å². The van der Waals surface area contributed by atoms with Crippen LogP contribution in [-0.2, 0) is 13.0 Å². The molecule has 0 aromatic carbocycles. The summed E-state index contributed by atoms with van der Waals surface area (Å²) in [4.78, 5) is 0. The summed E-state index contributed by atoms with van der Waals surface area (Å²) in [6, 6.07) is 0. The zero-order valence-electron chi connectivity index (χ0n) is 12.0. The molecule has 1 heterocycles. The summed E-state index contributed by atoms with van der Waals surface area (Å²) in [5, 5.41) is 8.06. The lowest BCUT2D eigenvalue weighted by Gasteiger charge is -2.12. The number of rotatable bonds is 7. The Hall–Kier alpha value is -0.830. The van der Waals surface area contributed by atoms with Gasteiger partial charge < -0.3 is 5.32 Å². The number of hydrogen-bond donors (Lipinski definition) is 1. The highest BCUT2D eigenvalue weighted by molar-refractivity contribution is 5.25. The molecule has 3 nitrogen and oxygen atoms in total. The number of hydrogen-bond acceptors (Lipinski definition) is 2. The molecule has 0 aliphatic carbocycles. The second kappa shape index (κ2) is 6.80. The first-order valence-corrected chi connectivity index (χ1v) is 6.83. The van der Waals surface area contributed by atoms with Gasteiger partial charge in [0, 0.05) is 12.2 Å². The normalized spacial score (nSPS) is 13.0. The molecule has 0 aliphatic rings. The van der Waals surface area contributed by atoms with Crippen LogP contribution >= 0.6 is 0 Å². The fourth-order valence-electron chi connectivity index (χ4n) is 2.28. The van der Waals surface area contributed by atoms with Crippen molar-refractivity contribution in [2.24, 2.45) is 5.92 Å². The van der Waals surface area contributed by atoms with E-state index in [2.05, 4.69) is 49.7 Å². The lowest BCUT2D eigenvalue weighted by Crippen LogP contribution is -2.23. The maximum absolute atomic E-state index is 4.57. The first-order chi connectivity index (χ1) is 8.10. The second-order valence-electron chi connectivity index (χ2n) is 4.98. The van der Waals surface area contributed by atoms with E-state index in [9.17, 15) is 0 Å². The molecule has 98 valence electrons. The zero-order valence-corrected chi connectivity index (χ0v) is 12.0. The summed E-state index contributed by atoms with van der Waals surface area (Å²) in [5.41, 5.74) is 3.98. The van der Waals surface area contributed by atoms with Crippen LogP contribution in [0.15, 0.2) is 0 Å². The zero-order chi connectivity index (χ0) is 12.8. The van der Waals surface area contributed by atoms with Crippen LogP contribution in [0.4, 0.5) is 0 Å². The van der Waals surface area contributed by atoms with Gasteiger partial charge >= 0.3 is 0 Å². The Morgan fingerprint density at radius 3 is 2.53 bits per heavy atom. The van der Waals surface area contributed by atoms with E-state index >= 15 is 0 Å². The fraction of sp³-hybridized carbons (Fsp3) is 0.786. The molecule has 1 N–H and O–H groups in total. The summed E-state index contributed by atoms with van der Waals surface area (Å²) in [5.74, 6) is 0.674. The maximum atomic E-state index is 4.57. The van der Waals surface area contributed by atoms with Crippen LogP contribution in [0.1, 0.15) is 44.1 Å². The largest absolute Gasteiger partial charge is 0.316 e. The average molecular weight is 237 g/mol. The van der Waals surface area contributed by atoms with Crippen LogP contribution in [0, 0.1) is 19.8 Å². The van der Waals surface area contributed by atoms with Crippen molar-refractivity contribution in [1.82, 2.24) is 15.1 Å². The van der Waals surface area contributed by atoms with Crippen molar-refractivity contribution >= 4 is 0 Å². The molecule has 0 radical (unpaired) electrons. The Bertz CT molecular complexity index is 341. The van der Waals surface area contributed by atoms with Crippen LogP contribution < -0.4 is 5.32 Å². The minimum Gasteiger partial charge on any atom is -0.316 e. The Kier molecular flexibility index (Phi) is 5.69. The van der Waals surface area contributed by atoms with E-state index in [0.717, 1.165) is 26.1 Å². The Balaban J connectivity index is 2.58. The van der Waals surface area contributed by atoms with Crippen molar-refractivity contribution in [3.05, 3.63) is 17.0 Å².